The third-order valence-corrected chi connectivity index (χ3v) is 4.17. The number of nitrogens with one attached hydrogen (secondary N) is 1. The van der Waals surface area contributed by atoms with E-state index in [9.17, 15) is 0 Å². The molecule has 1 nitrogen and oxygen atoms in total. The molecule has 1 N–H and O–H groups in total. The smallest absolute Gasteiger partial charge is 0.0648 e. The zero-order chi connectivity index (χ0) is 13.8. The fraction of sp³-hybridized carbons (Fsp3) is 0.250. The van der Waals surface area contributed by atoms with Crippen molar-refractivity contribution in [3.05, 3.63) is 62.2 Å². The lowest BCUT2D eigenvalue weighted by Gasteiger charge is -2.17. The Labute approximate surface area is 133 Å². The van der Waals surface area contributed by atoms with Crippen LogP contribution in [-0.2, 0) is 6.42 Å². The van der Waals surface area contributed by atoms with Crippen molar-refractivity contribution in [3.63, 3.8) is 0 Å². The number of halogens is 2. The number of rotatable bonds is 4. The third kappa shape index (κ3) is 3.86. The topological polar surface area (TPSA) is 12.0 Å². The maximum Gasteiger partial charge on any atom is 0.0648 e. The van der Waals surface area contributed by atoms with Gasteiger partial charge in [-0.15, -0.1) is 0 Å². The molecule has 0 amide bonds. The van der Waals surface area contributed by atoms with Crippen LogP contribution in [-0.4, -0.2) is 0 Å². The van der Waals surface area contributed by atoms with Gasteiger partial charge < -0.3 is 5.32 Å². The van der Waals surface area contributed by atoms with Crippen LogP contribution < -0.4 is 5.32 Å². The van der Waals surface area contributed by atoms with Gasteiger partial charge in [-0.1, -0.05) is 42.8 Å². The average Bonchev–Trinajstić information content (AvgIpc) is 2.42. The molecule has 0 aliphatic carbocycles. The van der Waals surface area contributed by atoms with Gasteiger partial charge >= 0.3 is 0 Å². The Morgan fingerprint density at radius 1 is 1.16 bits per heavy atom. The molecule has 0 bridgehead atoms. The number of aryl methyl sites for hydroxylation is 1. The molecule has 0 spiro atoms. The van der Waals surface area contributed by atoms with E-state index >= 15 is 0 Å². The highest BCUT2D eigenvalue weighted by atomic mass is 127. The van der Waals surface area contributed by atoms with Crippen LogP contribution in [0.1, 0.15) is 31.0 Å². The first kappa shape index (κ1) is 14.7. The fourth-order valence-corrected chi connectivity index (χ4v) is 2.88. The Balaban J connectivity index is 2.13. The highest BCUT2D eigenvalue weighted by molar-refractivity contribution is 14.1. The van der Waals surface area contributed by atoms with E-state index < -0.39 is 0 Å². The highest BCUT2D eigenvalue weighted by Gasteiger charge is 2.07. The number of hydrogen-bond donors (Lipinski definition) is 1. The summed E-state index contributed by atoms with van der Waals surface area (Å²) in [5.41, 5.74) is 3.62. The first-order valence-electron chi connectivity index (χ1n) is 6.40. The number of benzene rings is 2. The molecule has 0 aliphatic heterocycles. The molecular formula is C16H17ClIN. The lowest BCUT2D eigenvalue weighted by Crippen LogP contribution is -2.07. The van der Waals surface area contributed by atoms with Gasteiger partial charge in [0, 0.05) is 9.61 Å². The minimum absolute atomic E-state index is 0.239. The van der Waals surface area contributed by atoms with Crippen molar-refractivity contribution < 1.29 is 0 Å². The predicted octanol–water partition coefficient (Wildman–Crippen LogP) is 5.68. The summed E-state index contributed by atoms with van der Waals surface area (Å²) >= 11 is 8.50. The SMILES string of the molecule is CCc1ccc(C(C)Nc2ccc(I)cc2Cl)cc1. The van der Waals surface area contributed by atoms with Gasteiger partial charge in [0.05, 0.1) is 10.7 Å². The minimum Gasteiger partial charge on any atom is -0.377 e. The Bertz CT molecular complexity index is 551. The van der Waals surface area contributed by atoms with Crippen LogP contribution >= 0.6 is 34.2 Å². The molecule has 2 aromatic rings. The Hall–Kier alpha value is -0.740. The Morgan fingerprint density at radius 3 is 2.42 bits per heavy atom. The van der Waals surface area contributed by atoms with Crippen molar-refractivity contribution in [2.45, 2.75) is 26.3 Å². The average molecular weight is 386 g/mol. The molecule has 0 saturated heterocycles. The fourth-order valence-electron chi connectivity index (χ4n) is 1.97. The molecule has 0 radical (unpaired) electrons. The molecule has 19 heavy (non-hydrogen) atoms. The summed E-state index contributed by atoms with van der Waals surface area (Å²) in [6, 6.07) is 15.0. The molecular weight excluding hydrogens is 369 g/mol. The van der Waals surface area contributed by atoms with Gasteiger partial charge in [0.25, 0.3) is 0 Å². The van der Waals surface area contributed by atoms with Crippen molar-refractivity contribution >= 4 is 39.9 Å². The van der Waals surface area contributed by atoms with Gasteiger partial charge in [-0.05, 0) is 65.3 Å². The molecule has 0 saturated carbocycles. The lowest BCUT2D eigenvalue weighted by molar-refractivity contribution is 0.883. The van der Waals surface area contributed by atoms with E-state index in [1.54, 1.807) is 0 Å². The second kappa shape index (κ2) is 6.62. The second-order valence-electron chi connectivity index (χ2n) is 4.59. The summed E-state index contributed by atoms with van der Waals surface area (Å²) in [5.74, 6) is 0. The van der Waals surface area contributed by atoms with Crippen molar-refractivity contribution in [2.75, 3.05) is 5.32 Å². The molecule has 0 heterocycles. The van der Waals surface area contributed by atoms with Crippen LogP contribution in [0.3, 0.4) is 0 Å². The van der Waals surface area contributed by atoms with E-state index in [2.05, 4.69) is 72.1 Å². The van der Waals surface area contributed by atoms with Crippen molar-refractivity contribution in [1.82, 2.24) is 0 Å². The standard InChI is InChI=1S/C16H17ClIN/c1-3-12-4-6-13(7-5-12)11(2)19-16-9-8-14(18)10-15(16)17/h4-11,19H,3H2,1-2H3. The molecule has 2 aromatic carbocycles. The summed E-state index contributed by atoms with van der Waals surface area (Å²) in [7, 11) is 0. The van der Waals surface area contributed by atoms with E-state index in [-0.39, 0.29) is 6.04 Å². The first-order chi connectivity index (χ1) is 9.10. The van der Waals surface area contributed by atoms with Crippen LogP contribution in [0.4, 0.5) is 5.69 Å². The van der Waals surface area contributed by atoms with Crippen LogP contribution in [0.25, 0.3) is 0 Å². The van der Waals surface area contributed by atoms with E-state index in [1.807, 2.05) is 12.1 Å². The first-order valence-corrected chi connectivity index (χ1v) is 7.86. The molecule has 2 rings (SSSR count). The summed E-state index contributed by atoms with van der Waals surface area (Å²) in [5, 5.41) is 4.22. The molecule has 0 fully saturated rings. The molecule has 3 heteroatoms. The number of hydrogen-bond acceptors (Lipinski definition) is 1. The van der Waals surface area contributed by atoms with Gasteiger partial charge in [-0.3, -0.25) is 0 Å². The van der Waals surface area contributed by atoms with Crippen molar-refractivity contribution in [1.29, 1.82) is 0 Å². The normalized spacial score (nSPS) is 12.2. The zero-order valence-corrected chi connectivity index (χ0v) is 14.0. The summed E-state index contributed by atoms with van der Waals surface area (Å²) in [4.78, 5) is 0. The van der Waals surface area contributed by atoms with Gasteiger partial charge in [0.1, 0.15) is 0 Å². The zero-order valence-electron chi connectivity index (χ0n) is 11.1. The summed E-state index contributed by atoms with van der Waals surface area (Å²) in [6.07, 6.45) is 1.07. The molecule has 0 aromatic heterocycles. The predicted molar refractivity (Wildman–Crippen MR) is 92.0 cm³/mol. The van der Waals surface area contributed by atoms with Crippen LogP contribution in [0.15, 0.2) is 42.5 Å². The highest BCUT2D eigenvalue weighted by Crippen LogP contribution is 2.27. The molecule has 100 valence electrons. The van der Waals surface area contributed by atoms with E-state index in [1.165, 1.54) is 11.1 Å². The summed E-state index contributed by atoms with van der Waals surface area (Å²) in [6.45, 7) is 4.32. The maximum absolute atomic E-state index is 6.24. The largest absolute Gasteiger partial charge is 0.377 e. The van der Waals surface area contributed by atoms with Gasteiger partial charge in [0.15, 0.2) is 0 Å². The van der Waals surface area contributed by atoms with Gasteiger partial charge in [0.2, 0.25) is 0 Å². The van der Waals surface area contributed by atoms with Gasteiger partial charge in [-0.25, -0.2) is 0 Å². The third-order valence-electron chi connectivity index (χ3n) is 3.19. The van der Waals surface area contributed by atoms with E-state index in [0.29, 0.717) is 0 Å². The minimum atomic E-state index is 0.239. The van der Waals surface area contributed by atoms with Crippen molar-refractivity contribution in [2.24, 2.45) is 0 Å². The molecule has 0 aliphatic rings. The lowest BCUT2D eigenvalue weighted by atomic mass is 10.0. The monoisotopic (exact) mass is 385 g/mol. The Kier molecular flexibility index (Phi) is 5.11. The Morgan fingerprint density at radius 2 is 1.84 bits per heavy atom. The van der Waals surface area contributed by atoms with Gasteiger partial charge in [-0.2, -0.15) is 0 Å². The number of anilines is 1. The van der Waals surface area contributed by atoms with Crippen LogP contribution in [0, 0.1) is 3.57 Å². The van der Waals surface area contributed by atoms with E-state index in [0.717, 1.165) is 20.7 Å². The molecule has 1 atom stereocenters. The maximum atomic E-state index is 6.24. The summed E-state index contributed by atoms with van der Waals surface area (Å²) < 4.78 is 1.15. The van der Waals surface area contributed by atoms with Crippen LogP contribution in [0.2, 0.25) is 5.02 Å². The molecule has 1 unspecified atom stereocenters. The second-order valence-corrected chi connectivity index (χ2v) is 6.24. The quantitative estimate of drug-likeness (QED) is 0.668. The van der Waals surface area contributed by atoms with E-state index in [4.69, 9.17) is 11.6 Å². The van der Waals surface area contributed by atoms with Crippen LogP contribution in [0.5, 0.6) is 0 Å². The van der Waals surface area contributed by atoms with Crippen molar-refractivity contribution in [3.8, 4) is 0 Å².